The van der Waals surface area contributed by atoms with Crippen LogP contribution in [0.1, 0.15) is 36.2 Å². The van der Waals surface area contributed by atoms with Crippen LogP contribution >= 0.6 is 0 Å². The molecule has 0 aliphatic heterocycles. The van der Waals surface area contributed by atoms with Gasteiger partial charge in [-0.2, -0.15) is 0 Å². The van der Waals surface area contributed by atoms with Crippen molar-refractivity contribution in [3.05, 3.63) is 90.0 Å². The van der Waals surface area contributed by atoms with Gasteiger partial charge in [0.1, 0.15) is 11.5 Å². The fraction of sp³-hybridized carbons (Fsp3) is 0.269. The van der Waals surface area contributed by atoms with Gasteiger partial charge >= 0.3 is 0 Å². The molecule has 3 rings (SSSR count). The van der Waals surface area contributed by atoms with Crippen molar-refractivity contribution in [2.45, 2.75) is 26.7 Å². The minimum absolute atomic E-state index is 0.175. The molecule has 0 saturated heterocycles. The maximum atomic E-state index is 12.6. The van der Waals surface area contributed by atoms with E-state index in [4.69, 9.17) is 9.47 Å². The fourth-order valence-corrected chi connectivity index (χ4v) is 2.97. The first-order chi connectivity index (χ1) is 14.6. The Morgan fingerprint density at radius 3 is 2.37 bits per heavy atom. The summed E-state index contributed by atoms with van der Waals surface area (Å²) >= 11 is 0. The highest BCUT2D eigenvalue weighted by Gasteiger charge is 2.08. The minimum Gasteiger partial charge on any atom is -0.494 e. The van der Waals surface area contributed by atoms with Crippen LogP contribution in [-0.4, -0.2) is 19.1 Å². The van der Waals surface area contributed by atoms with Crippen molar-refractivity contribution in [2.75, 3.05) is 18.5 Å². The molecule has 0 fully saturated rings. The summed E-state index contributed by atoms with van der Waals surface area (Å²) in [5.74, 6) is 1.70. The molecular weight excluding hydrogens is 374 g/mol. The number of hydrogen-bond donors (Lipinski definition) is 1. The van der Waals surface area contributed by atoms with Gasteiger partial charge < -0.3 is 14.8 Å². The maximum Gasteiger partial charge on any atom is 0.255 e. The molecule has 0 saturated carbocycles. The zero-order chi connectivity index (χ0) is 21.2. The first-order valence-electron chi connectivity index (χ1n) is 10.4. The number of hydrogen-bond acceptors (Lipinski definition) is 3. The predicted octanol–water partition coefficient (Wildman–Crippen LogP) is 5.99. The second kappa shape index (κ2) is 11.1. The van der Waals surface area contributed by atoms with Gasteiger partial charge in [0.2, 0.25) is 0 Å². The normalized spacial score (nSPS) is 10.6. The molecule has 0 atom stereocenters. The Hall–Kier alpha value is -3.27. The molecule has 3 aromatic rings. The number of aryl methyl sites for hydroxylation is 1. The van der Waals surface area contributed by atoms with Gasteiger partial charge in [0.05, 0.1) is 13.2 Å². The Kier molecular flexibility index (Phi) is 7.90. The van der Waals surface area contributed by atoms with Crippen molar-refractivity contribution in [3.63, 3.8) is 0 Å². The number of carbonyl (C=O) groups excluding carboxylic acids is 1. The van der Waals surface area contributed by atoms with Gasteiger partial charge in [-0.25, -0.2) is 0 Å². The maximum absolute atomic E-state index is 12.6. The molecule has 0 radical (unpaired) electrons. The Balaban J connectivity index is 1.52. The molecule has 0 aliphatic carbocycles. The third-order valence-corrected chi connectivity index (χ3v) is 4.49. The van der Waals surface area contributed by atoms with Crippen LogP contribution in [0, 0.1) is 5.92 Å². The SMILES string of the molecule is CC(C)COc1cccc(C(=O)Nc2cccc(OCCCc3ccccc3)c2)c1. The second-order valence-corrected chi connectivity index (χ2v) is 7.65. The van der Waals surface area contributed by atoms with E-state index in [2.05, 4.69) is 43.4 Å². The van der Waals surface area contributed by atoms with Crippen molar-refractivity contribution >= 4 is 11.6 Å². The Morgan fingerprint density at radius 1 is 0.867 bits per heavy atom. The number of ether oxygens (including phenoxy) is 2. The van der Waals surface area contributed by atoms with E-state index >= 15 is 0 Å². The molecule has 4 nitrogen and oxygen atoms in total. The van der Waals surface area contributed by atoms with Crippen LogP contribution in [0.2, 0.25) is 0 Å². The van der Waals surface area contributed by atoms with E-state index in [0.717, 1.165) is 18.6 Å². The van der Waals surface area contributed by atoms with Crippen molar-refractivity contribution in [1.82, 2.24) is 0 Å². The Labute approximate surface area is 178 Å². The van der Waals surface area contributed by atoms with Crippen molar-refractivity contribution < 1.29 is 14.3 Å². The monoisotopic (exact) mass is 403 g/mol. The average molecular weight is 404 g/mol. The van der Waals surface area contributed by atoms with Crippen LogP contribution in [0.3, 0.4) is 0 Å². The molecular formula is C26H29NO3. The van der Waals surface area contributed by atoms with Gasteiger partial charge in [-0.3, -0.25) is 4.79 Å². The number of amides is 1. The Bertz CT molecular complexity index is 938. The van der Waals surface area contributed by atoms with Gasteiger partial charge in [0, 0.05) is 17.3 Å². The molecule has 156 valence electrons. The standard InChI is InChI=1S/C26H29NO3/c1-20(2)19-30-24-14-6-12-22(17-24)26(28)27-23-13-7-15-25(18-23)29-16-8-11-21-9-4-3-5-10-21/h3-7,9-10,12-15,17-18,20H,8,11,16,19H2,1-2H3,(H,27,28). The number of benzene rings is 3. The van der Waals surface area contributed by atoms with E-state index in [1.807, 2.05) is 42.5 Å². The molecule has 30 heavy (non-hydrogen) atoms. The largest absolute Gasteiger partial charge is 0.494 e. The molecule has 0 bridgehead atoms. The second-order valence-electron chi connectivity index (χ2n) is 7.65. The molecule has 0 spiro atoms. The zero-order valence-corrected chi connectivity index (χ0v) is 17.6. The van der Waals surface area contributed by atoms with Crippen LogP contribution in [0.5, 0.6) is 11.5 Å². The third kappa shape index (κ3) is 6.96. The lowest BCUT2D eigenvalue weighted by Crippen LogP contribution is -2.12. The lowest BCUT2D eigenvalue weighted by atomic mass is 10.1. The first kappa shape index (κ1) is 21.4. The van der Waals surface area contributed by atoms with Crippen LogP contribution in [-0.2, 0) is 6.42 Å². The number of anilines is 1. The predicted molar refractivity (Wildman–Crippen MR) is 121 cm³/mol. The fourth-order valence-electron chi connectivity index (χ4n) is 2.97. The zero-order valence-electron chi connectivity index (χ0n) is 17.6. The lowest BCUT2D eigenvalue weighted by Gasteiger charge is -2.11. The van der Waals surface area contributed by atoms with Gasteiger partial charge in [-0.1, -0.05) is 56.3 Å². The summed E-state index contributed by atoms with van der Waals surface area (Å²) in [4.78, 5) is 12.6. The minimum atomic E-state index is -0.175. The lowest BCUT2D eigenvalue weighted by molar-refractivity contribution is 0.102. The highest BCUT2D eigenvalue weighted by atomic mass is 16.5. The van der Waals surface area contributed by atoms with Crippen molar-refractivity contribution in [3.8, 4) is 11.5 Å². The van der Waals surface area contributed by atoms with E-state index in [-0.39, 0.29) is 5.91 Å². The number of carbonyl (C=O) groups is 1. The summed E-state index contributed by atoms with van der Waals surface area (Å²) in [6.45, 7) is 5.43. The van der Waals surface area contributed by atoms with Crippen LogP contribution in [0.15, 0.2) is 78.9 Å². The topological polar surface area (TPSA) is 47.6 Å². The first-order valence-corrected chi connectivity index (χ1v) is 10.4. The smallest absolute Gasteiger partial charge is 0.255 e. The summed E-state index contributed by atoms with van der Waals surface area (Å²) in [5, 5.41) is 2.93. The molecule has 4 heteroatoms. The third-order valence-electron chi connectivity index (χ3n) is 4.49. The summed E-state index contributed by atoms with van der Waals surface area (Å²) in [7, 11) is 0. The summed E-state index contributed by atoms with van der Waals surface area (Å²) in [6, 6.07) is 25.1. The van der Waals surface area contributed by atoms with Gasteiger partial charge in [-0.05, 0) is 54.7 Å². The molecule has 1 N–H and O–H groups in total. The number of rotatable bonds is 10. The highest BCUT2D eigenvalue weighted by molar-refractivity contribution is 6.04. The van der Waals surface area contributed by atoms with E-state index in [0.29, 0.717) is 36.1 Å². The van der Waals surface area contributed by atoms with E-state index in [9.17, 15) is 4.79 Å². The van der Waals surface area contributed by atoms with Crippen molar-refractivity contribution in [2.24, 2.45) is 5.92 Å². The van der Waals surface area contributed by atoms with Crippen LogP contribution < -0.4 is 14.8 Å². The quantitative estimate of drug-likeness (QED) is 0.423. The van der Waals surface area contributed by atoms with Crippen molar-refractivity contribution in [1.29, 1.82) is 0 Å². The average Bonchev–Trinajstić information content (AvgIpc) is 2.76. The molecule has 0 unspecified atom stereocenters. The highest BCUT2D eigenvalue weighted by Crippen LogP contribution is 2.20. The number of nitrogens with one attached hydrogen (secondary N) is 1. The summed E-state index contributed by atoms with van der Waals surface area (Å²) < 4.78 is 11.6. The Morgan fingerprint density at radius 2 is 1.60 bits per heavy atom. The van der Waals surface area contributed by atoms with Gasteiger partial charge in [0.15, 0.2) is 0 Å². The molecule has 3 aromatic carbocycles. The summed E-state index contributed by atoms with van der Waals surface area (Å²) in [6.07, 6.45) is 1.91. The molecule has 0 heterocycles. The molecule has 0 aliphatic rings. The van der Waals surface area contributed by atoms with Crippen LogP contribution in [0.4, 0.5) is 5.69 Å². The van der Waals surface area contributed by atoms with Gasteiger partial charge in [-0.15, -0.1) is 0 Å². The molecule has 0 aromatic heterocycles. The summed E-state index contributed by atoms with van der Waals surface area (Å²) in [5.41, 5.74) is 2.57. The van der Waals surface area contributed by atoms with Crippen LogP contribution in [0.25, 0.3) is 0 Å². The van der Waals surface area contributed by atoms with E-state index in [1.54, 1.807) is 12.1 Å². The van der Waals surface area contributed by atoms with Gasteiger partial charge in [0.25, 0.3) is 5.91 Å². The molecule has 1 amide bonds. The van der Waals surface area contributed by atoms with E-state index in [1.165, 1.54) is 5.56 Å². The van der Waals surface area contributed by atoms with E-state index < -0.39 is 0 Å².